The molecule has 2 aromatic rings. The van der Waals surface area contributed by atoms with Gasteiger partial charge in [-0.2, -0.15) is 0 Å². The average molecular weight is 384 g/mol. The zero-order valence-electron chi connectivity index (χ0n) is 14.0. The third kappa shape index (κ3) is 3.63. The SMILES string of the molecule is Cc1oc(C(=O)N2CCCC(c3cc(F)ccc3F)C2)cc1S(N)(=O)=O. The summed E-state index contributed by atoms with van der Waals surface area (Å²) in [7, 11) is -4.00. The number of hydrogen-bond acceptors (Lipinski definition) is 4. The number of sulfonamides is 1. The van der Waals surface area contributed by atoms with Gasteiger partial charge in [0.25, 0.3) is 5.91 Å². The van der Waals surface area contributed by atoms with E-state index in [2.05, 4.69) is 0 Å². The number of amides is 1. The van der Waals surface area contributed by atoms with Crippen molar-refractivity contribution < 1.29 is 26.4 Å². The summed E-state index contributed by atoms with van der Waals surface area (Å²) in [5.74, 6) is -2.03. The number of carbonyl (C=O) groups excluding carboxylic acids is 1. The minimum Gasteiger partial charge on any atom is -0.455 e. The van der Waals surface area contributed by atoms with Crippen molar-refractivity contribution in [3.8, 4) is 0 Å². The standard InChI is InChI=1S/C17H18F2N2O4S/c1-10-16(26(20,23)24)8-15(25-10)17(22)21-6-2-3-11(9-21)13-7-12(18)4-5-14(13)19/h4-5,7-8,11H,2-3,6,9H2,1H3,(H2,20,23,24). The number of furan rings is 1. The van der Waals surface area contributed by atoms with Crippen molar-refractivity contribution in [2.75, 3.05) is 13.1 Å². The average Bonchev–Trinajstić information content (AvgIpc) is 2.98. The molecule has 1 unspecified atom stereocenters. The number of halogens is 2. The highest BCUT2D eigenvalue weighted by molar-refractivity contribution is 7.89. The zero-order chi connectivity index (χ0) is 19.1. The molecule has 0 bridgehead atoms. The molecule has 1 fully saturated rings. The first kappa shape index (κ1) is 18.5. The molecule has 0 radical (unpaired) electrons. The molecular weight excluding hydrogens is 366 g/mol. The lowest BCUT2D eigenvalue weighted by Crippen LogP contribution is -2.39. The highest BCUT2D eigenvalue weighted by Crippen LogP contribution is 2.30. The Morgan fingerprint density at radius 2 is 2.04 bits per heavy atom. The number of hydrogen-bond donors (Lipinski definition) is 1. The van der Waals surface area contributed by atoms with E-state index in [1.54, 1.807) is 0 Å². The smallest absolute Gasteiger partial charge is 0.289 e. The predicted octanol–water partition coefficient (Wildman–Crippen LogP) is 2.53. The van der Waals surface area contributed by atoms with Crippen LogP contribution in [0.3, 0.4) is 0 Å². The lowest BCUT2D eigenvalue weighted by molar-refractivity contribution is 0.0672. The van der Waals surface area contributed by atoms with Crippen LogP contribution in [0.4, 0.5) is 8.78 Å². The van der Waals surface area contributed by atoms with Crippen LogP contribution in [0.5, 0.6) is 0 Å². The first-order valence-electron chi connectivity index (χ1n) is 8.04. The highest BCUT2D eigenvalue weighted by atomic mass is 32.2. The summed E-state index contributed by atoms with van der Waals surface area (Å²) < 4.78 is 55.7. The fourth-order valence-corrected chi connectivity index (χ4v) is 3.97. The summed E-state index contributed by atoms with van der Waals surface area (Å²) in [5.41, 5.74) is 0.225. The van der Waals surface area contributed by atoms with E-state index < -0.39 is 27.6 Å². The van der Waals surface area contributed by atoms with Crippen LogP contribution in [0.1, 0.15) is 40.6 Å². The van der Waals surface area contributed by atoms with Gasteiger partial charge >= 0.3 is 0 Å². The molecule has 2 N–H and O–H groups in total. The second-order valence-corrected chi connectivity index (χ2v) is 7.86. The molecule has 1 aromatic heterocycles. The Morgan fingerprint density at radius 3 is 2.69 bits per heavy atom. The van der Waals surface area contributed by atoms with E-state index in [4.69, 9.17) is 9.56 Å². The maximum absolute atomic E-state index is 14.0. The zero-order valence-corrected chi connectivity index (χ0v) is 14.9. The van der Waals surface area contributed by atoms with Crippen molar-refractivity contribution >= 4 is 15.9 Å². The summed E-state index contributed by atoms with van der Waals surface area (Å²) in [6.45, 7) is 2.00. The van der Waals surface area contributed by atoms with Gasteiger partial charge in [0.2, 0.25) is 10.0 Å². The summed E-state index contributed by atoms with van der Waals surface area (Å²) in [5, 5.41) is 5.09. The second-order valence-electron chi connectivity index (χ2n) is 6.33. The van der Waals surface area contributed by atoms with Gasteiger partial charge in [-0.05, 0) is 43.5 Å². The third-order valence-corrected chi connectivity index (χ3v) is 5.51. The monoisotopic (exact) mass is 384 g/mol. The Kier molecular flexibility index (Phi) is 4.85. The van der Waals surface area contributed by atoms with E-state index in [-0.39, 0.29) is 34.4 Å². The van der Waals surface area contributed by atoms with Gasteiger partial charge in [-0.25, -0.2) is 22.3 Å². The number of benzene rings is 1. The van der Waals surface area contributed by atoms with Gasteiger partial charge in [-0.15, -0.1) is 0 Å². The molecule has 9 heteroatoms. The van der Waals surface area contributed by atoms with Crippen LogP contribution >= 0.6 is 0 Å². The van der Waals surface area contributed by atoms with Crippen molar-refractivity contribution in [2.24, 2.45) is 5.14 Å². The summed E-state index contributed by atoms with van der Waals surface area (Å²) >= 11 is 0. The Balaban J connectivity index is 1.84. The first-order chi connectivity index (χ1) is 12.2. The number of primary sulfonamides is 1. The van der Waals surface area contributed by atoms with Crippen molar-refractivity contribution in [1.29, 1.82) is 0 Å². The number of nitrogens with zero attached hydrogens (tertiary/aromatic N) is 1. The van der Waals surface area contributed by atoms with Gasteiger partial charge in [0.05, 0.1) is 0 Å². The number of aryl methyl sites for hydroxylation is 1. The molecule has 1 saturated heterocycles. The number of likely N-dealkylation sites (tertiary alicyclic amines) is 1. The van der Waals surface area contributed by atoms with Crippen LogP contribution in [0, 0.1) is 18.6 Å². The van der Waals surface area contributed by atoms with Gasteiger partial charge in [-0.3, -0.25) is 4.79 Å². The molecule has 140 valence electrons. The van der Waals surface area contributed by atoms with E-state index in [1.807, 2.05) is 0 Å². The largest absolute Gasteiger partial charge is 0.455 e. The fourth-order valence-electron chi connectivity index (χ4n) is 3.25. The fraction of sp³-hybridized carbons (Fsp3) is 0.353. The van der Waals surface area contributed by atoms with E-state index >= 15 is 0 Å². The molecule has 0 saturated carbocycles. The van der Waals surface area contributed by atoms with Gasteiger partial charge in [0.15, 0.2) is 5.76 Å². The van der Waals surface area contributed by atoms with Crippen LogP contribution in [0.25, 0.3) is 0 Å². The number of rotatable bonds is 3. The molecule has 1 atom stereocenters. The van der Waals surface area contributed by atoms with Crippen LogP contribution in [-0.4, -0.2) is 32.3 Å². The molecular formula is C17H18F2N2O4S. The van der Waals surface area contributed by atoms with Crippen molar-refractivity contribution in [2.45, 2.75) is 30.6 Å². The maximum Gasteiger partial charge on any atom is 0.289 e. The highest BCUT2D eigenvalue weighted by Gasteiger charge is 2.30. The lowest BCUT2D eigenvalue weighted by Gasteiger charge is -2.32. The minimum atomic E-state index is -4.00. The van der Waals surface area contributed by atoms with Gasteiger partial charge < -0.3 is 9.32 Å². The Hall–Kier alpha value is -2.26. The summed E-state index contributed by atoms with van der Waals surface area (Å²) in [6.07, 6.45) is 1.22. The van der Waals surface area contributed by atoms with Crippen LogP contribution < -0.4 is 5.14 Å². The van der Waals surface area contributed by atoms with E-state index in [9.17, 15) is 22.0 Å². The summed E-state index contributed by atoms with van der Waals surface area (Å²) in [4.78, 5) is 13.9. The number of carbonyl (C=O) groups is 1. The molecule has 3 rings (SSSR count). The Labute approximate surface area is 149 Å². The van der Waals surface area contributed by atoms with Crippen molar-refractivity contribution in [1.82, 2.24) is 4.90 Å². The minimum absolute atomic E-state index is 0.0283. The molecule has 6 nitrogen and oxygen atoms in total. The number of piperidine rings is 1. The second kappa shape index (κ2) is 6.81. The maximum atomic E-state index is 14.0. The molecule has 26 heavy (non-hydrogen) atoms. The van der Waals surface area contributed by atoms with Gasteiger partial charge in [-0.1, -0.05) is 0 Å². The van der Waals surface area contributed by atoms with Crippen molar-refractivity contribution in [3.05, 3.63) is 53.0 Å². The third-order valence-electron chi connectivity index (χ3n) is 4.50. The molecule has 0 spiro atoms. The van der Waals surface area contributed by atoms with Crippen LogP contribution in [0.2, 0.25) is 0 Å². The van der Waals surface area contributed by atoms with Crippen LogP contribution in [0.15, 0.2) is 33.6 Å². The predicted molar refractivity (Wildman–Crippen MR) is 89.1 cm³/mol. The van der Waals surface area contributed by atoms with Crippen molar-refractivity contribution in [3.63, 3.8) is 0 Å². The molecule has 1 aliphatic rings. The molecule has 1 aromatic carbocycles. The quantitative estimate of drug-likeness (QED) is 0.880. The molecule has 1 aliphatic heterocycles. The lowest BCUT2D eigenvalue weighted by atomic mass is 9.90. The Bertz CT molecular complexity index is 956. The first-order valence-corrected chi connectivity index (χ1v) is 9.59. The van der Waals surface area contributed by atoms with E-state index in [0.29, 0.717) is 19.4 Å². The molecule has 2 heterocycles. The summed E-state index contributed by atoms with van der Waals surface area (Å²) in [6, 6.07) is 4.36. The normalized spacial score (nSPS) is 18.2. The Morgan fingerprint density at radius 1 is 1.31 bits per heavy atom. The number of nitrogens with two attached hydrogens (primary N) is 1. The van der Waals surface area contributed by atoms with E-state index in [1.165, 1.54) is 11.8 Å². The topological polar surface area (TPSA) is 93.6 Å². The van der Waals surface area contributed by atoms with Gasteiger partial charge in [0.1, 0.15) is 22.3 Å². The van der Waals surface area contributed by atoms with Crippen LogP contribution in [-0.2, 0) is 10.0 Å². The molecule has 0 aliphatic carbocycles. The van der Waals surface area contributed by atoms with E-state index in [0.717, 1.165) is 24.3 Å². The molecule has 1 amide bonds. The van der Waals surface area contributed by atoms with Gasteiger partial charge in [0, 0.05) is 25.1 Å².